The van der Waals surface area contributed by atoms with E-state index in [-0.39, 0.29) is 0 Å². The van der Waals surface area contributed by atoms with E-state index in [0.29, 0.717) is 7.48 Å². The average Bonchev–Trinajstić information content (AvgIpc) is 3.30. The summed E-state index contributed by atoms with van der Waals surface area (Å²) in [4.78, 5) is 0. The van der Waals surface area contributed by atoms with Crippen LogP contribution in [-0.2, 0) is 4.65 Å². The molecule has 0 saturated heterocycles. The highest BCUT2D eigenvalue weighted by Crippen LogP contribution is 2.51. The second-order valence-electron chi connectivity index (χ2n) is 9.83. The summed E-state index contributed by atoms with van der Waals surface area (Å²) in [6.07, 6.45) is 0. The van der Waals surface area contributed by atoms with E-state index < -0.39 is 11.2 Å². The maximum Gasteiger partial charge on any atom is 0.313 e. The largest absolute Gasteiger partial charge is 0.456 e. The zero-order valence-corrected chi connectivity index (χ0v) is 18.8. The predicted molar refractivity (Wildman–Crippen MR) is 134 cm³/mol. The summed E-state index contributed by atoms with van der Waals surface area (Å²) in [6.45, 7) is 7.37. The fraction of sp³-hybridized carbons (Fsp3) is 0.214. The van der Waals surface area contributed by atoms with Crippen molar-refractivity contribution in [2.75, 3.05) is 0 Å². The van der Waals surface area contributed by atoms with Gasteiger partial charge in [0.05, 0.1) is 11.2 Å². The zero-order chi connectivity index (χ0) is 22.3. The molecule has 0 aliphatic heterocycles. The number of aliphatic hydroxyl groups is 1. The summed E-state index contributed by atoms with van der Waals surface area (Å²) in [6, 6.07) is 23.6. The van der Waals surface area contributed by atoms with Crippen LogP contribution < -0.4 is 5.46 Å². The van der Waals surface area contributed by atoms with E-state index >= 15 is 0 Å². The first-order valence-corrected chi connectivity index (χ1v) is 11.1. The fourth-order valence-corrected chi connectivity index (χ4v) is 4.73. The van der Waals surface area contributed by atoms with Gasteiger partial charge in [0.25, 0.3) is 0 Å². The minimum atomic E-state index is -0.958. The van der Waals surface area contributed by atoms with Gasteiger partial charge in [0.1, 0.15) is 11.2 Å². The third kappa shape index (κ3) is 2.63. The second kappa shape index (κ2) is 6.47. The van der Waals surface area contributed by atoms with E-state index in [1.165, 1.54) is 33.0 Å². The van der Waals surface area contributed by atoms with Crippen LogP contribution in [-0.4, -0.2) is 23.8 Å². The molecule has 1 aliphatic rings. The highest BCUT2D eigenvalue weighted by atomic mass is 16.5. The standard InChI is InChI=1S/C28H25BO3/c1-27(2,30)28(3,4)32-29-22-13-7-11-19-20-15-14-18-17-10-5-8-16-9-6-12-21(23(16)17)24(18)26(20)31-25(19)22/h5-15,29-30H,1-4H3. The highest BCUT2D eigenvalue weighted by molar-refractivity contribution is 6.51. The van der Waals surface area contributed by atoms with Crippen LogP contribution in [0.3, 0.4) is 0 Å². The SMILES string of the molecule is CC(C)(O)C(C)(C)OBc1cccc2c1oc1c3c(ccc12)-c1cccc2cccc-3c12. The normalized spacial score (nSPS) is 13.3. The van der Waals surface area contributed by atoms with Crippen LogP contribution in [0.4, 0.5) is 0 Å². The molecule has 158 valence electrons. The van der Waals surface area contributed by atoms with Crippen molar-refractivity contribution >= 4 is 45.7 Å². The Labute approximate surface area is 187 Å². The third-order valence-electron chi connectivity index (χ3n) is 7.27. The van der Waals surface area contributed by atoms with Crippen molar-refractivity contribution in [2.45, 2.75) is 38.9 Å². The topological polar surface area (TPSA) is 42.6 Å². The monoisotopic (exact) mass is 420 g/mol. The molecule has 4 heteroatoms. The molecule has 1 heterocycles. The van der Waals surface area contributed by atoms with Crippen molar-refractivity contribution in [3.05, 3.63) is 66.7 Å². The van der Waals surface area contributed by atoms with Gasteiger partial charge in [0.15, 0.2) is 0 Å². The molecule has 4 aromatic carbocycles. The molecule has 32 heavy (non-hydrogen) atoms. The molecule has 0 atom stereocenters. The van der Waals surface area contributed by atoms with Crippen molar-refractivity contribution in [2.24, 2.45) is 0 Å². The Balaban J connectivity index is 1.55. The summed E-state index contributed by atoms with van der Waals surface area (Å²) in [7, 11) is 0.367. The van der Waals surface area contributed by atoms with E-state index in [2.05, 4.69) is 60.7 Å². The minimum absolute atomic E-state index is 0.367. The number of fused-ring (bicyclic) bond motifs is 7. The summed E-state index contributed by atoms with van der Waals surface area (Å²) in [5, 5.41) is 15.2. The zero-order valence-electron chi connectivity index (χ0n) is 18.8. The van der Waals surface area contributed by atoms with Crippen LogP contribution in [0.1, 0.15) is 27.7 Å². The second-order valence-corrected chi connectivity index (χ2v) is 9.83. The maximum atomic E-state index is 10.5. The maximum absolute atomic E-state index is 10.5. The van der Waals surface area contributed by atoms with Gasteiger partial charge in [-0.1, -0.05) is 60.7 Å². The first-order valence-electron chi connectivity index (χ1n) is 11.1. The quantitative estimate of drug-likeness (QED) is 0.360. The van der Waals surface area contributed by atoms with Crippen LogP contribution >= 0.6 is 0 Å². The van der Waals surface area contributed by atoms with Crippen LogP contribution in [0.25, 0.3) is 55.0 Å². The van der Waals surface area contributed by atoms with Crippen molar-refractivity contribution in [3.63, 3.8) is 0 Å². The van der Waals surface area contributed by atoms with Crippen LogP contribution in [0, 0.1) is 0 Å². The molecule has 0 bridgehead atoms. The number of furan rings is 1. The summed E-state index contributed by atoms with van der Waals surface area (Å²) in [5.74, 6) is 0. The summed E-state index contributed by atoms with van der Waals surface area (Å²) < 4.78 is 12.8. The van der Waals surface area contributed by atoms with Gasteiger partial charge in [-0.25, -0.2) is 0 Å². The van der Waals surface area contributed by atoms with Gasteiger partial charge in [0, 0.05) is 16.3 Å². The molecule has 6 rings (SSSR count). The lowest BCUT2D eigenvalue weighted by Crippen LogP contribution is -2.49. The molecule has 1 N–H and O–H groups in total. The van der Waals surface area contributed by atoms with E-state index in [9.17, 15) is 5.11 Å². The molecule has 0 spiro atoms. The van der Waals surface area contributed by atoms with Gasteiger partial charge in [0.2, 0.25) is 0 Å². The lowest BCUT2D eigenvalue weighted by atomic mass is 9.82. The molecular formula is C28H25BO3. The van der Waals surface area contributed by atoms with Gasteiger partial charge < -0.3 is 14.2 Å². The Hall–Kier alpha value is -3.08. The Morgan fingerprint density at radius 2 is 1.44 bits per heavy atom. The van der Waals surface area contributed by atoms with Crippen molar-refractivity contribution in [1.82, 2.24) is 0 Å². The van der Waals surface area contributed by atoms with Crippen molar-refractivity contribution in [3.8, 4) is 22.3 Å². The Morgan fingerprint density at radius 1 is 0.750 bits per heavy atom. The minimum Gasteiger partial charge on any atom is -0.456 e. The fourth-order valence-electron chi connectivity index (χ4n) is 4.73. The molecule has 0 fully saturated rings. The molecule has 1 aliphatic carbocycles. The van der Waals surface area contributed by atoms with Crippen LogP contribution in [0.15, 0.2) is 71.1 Å². The van der Waals surface area contributed by atoms with Gasteiger partial charge in [-0.05, 0) is 66.7 Å². The van der Waals surface area contributed by atoms with E-state index in [0.717, 1.165) is 27.4 Å². The van der Waals surface area contributed by atoms with E-state index in [4.69, 9.17) is 9.07 Å². The van der Waals surface area contributed by atoms with Gasteiger partial charge in [-0.2, -0.15) is 0 Å². The van der Waals surface area contributed by atoms with Crippen molar-refractivity contribution in [1.29, 1.82) is 0 Å². The van der Waals surface area contributed by atoms with Gasteiger partial charge in [-0.15, -0.1) is 0 Å². The predicted octanol–water partition coefficient (Wildman–Crippen LogP) is 5.93. The first kappa shape index (κ1) is 19.6. The Kier molecular flexibility index (Phi) is 3.96. The van der Waals surface area contributed by atoms with E-state index in [1.54, 1.807) is 13.8 Å². The van der Waals surface area contributed by atoms with Gasteiger partial charge >= 0.3 is 7.48 Å². The molecule has 3 nitrogen and oxygen atoms in total. The van der Waals surface area contributed by atoms with Crippen LogP contribution in [0.5, 0.6) is 0 Å². The molecule has 0 radical (unpaired) electrons. The Morgan fingerprint density at radius 3 is 2.19 bits per heavy atom. The lowest BCUT2D eigenvalue weighted by Gasteiger charge is -2.37. The number of hydrogen-bond donors (Lipinski definition) is 1. The summed E-state index contributed by atoms with van der Waals surface area (Å²) >= 11 is 0. The average molecular weight is 420 g/mol. The number of hydrogen-bond acceptors (Lipinski definition) is 3. The molecule has 5 aromatic rings. The van der Waals surface area contributed by atoms with Crippen LogP contribution in [0.2, 0.25) is 0 Å². The number of benzene rings is 4. The first-order chi connectivity index (χ1) is 15.3. The molecular weight excluding hydrogens is 395 g/mol. The molecule has 0 saturated carbocycles. The molecule has 0 unspecified atom stereocenters. The Bertz CT molecular complexity index is 1530. The lowest BCUT2D eigenvalue weighted by molar-refractivity contribution is -0.0893. The number of para-hydroxylation sites is 1. The third-order valence-corrected chi connectivity index (χ3v) is 7.27. The van der Waals surface area contributed by atoms with E-state index in [1.807, 2.05) is 19.9 Å². The molecule has 0 amide bonds. The smallest absolute Gasteiger partial charge is 0.313 e. The van der Waals surface area contributed by atoms with Gasteiger partial charge in [-0.3, -0.25) is 0 Å². The number of rotatable bonds is 4. The summed E-state index contributed by atoms with van der Waals surface area (Å²) in [5.41, 5.74) is 6.02. The van der Waals surface area contributed by atoms with Crippen molar-refractivity contribution < 1.29 is 14.2 Å². The molecule has 1 aromatic heterocycles. The highest BCUT2D eigenvalue weighted by Gasteiger charge is 2.36.